The molecule has 1 aromatic carbocycles. The Balaban J connectivity index is 2.76. The van der Waals surface area contributed by atoms with Gasteiger partial charge in [0.2, 0.25) is 5.75 Å². The number of rotatable bonds is 33. The lowest BCUT2D eigenvalue weighted by atomic mass is 10.2. The van der Waals surface area contributed by atoms with Crippen molar-refractivity contribution in [1.82, 2.24) is 0 Å². The van der Waals surface area contributed by atoms with Gasteiger partial charge in [-0.15, -0.1) is 6.42 Å². The van der Waals surface area contributed by atoms with Gasteiger partial charge in [-0.1, -0.05) is 5.92 Å². The highest BCUT2D eigenvalue weighted by atomic mass is 16.6. The molecule has 0 saturated carbocycles. The minimum atomic E-state index is 0.178. The van der Waals surface area contributed by atoms with E-state index in [1.54, 1.807) is 21.3 Å². The molecule has 13 heteroatoms. The molecule has 0 radical (unpaired) electrons. The van der Waals surface area contributed by atoms with Crippen LogP contribution in [-0.4, -0.2) is 147 Å². The fourth-order valence-electron chi connectivity index (χ4n) is 3.32. The summed E-state index contributed by atoms with van der Waals surface area (Å²) in [7, 11) is 4.89. The summed E-state index contributed by atoms with van der Waals surface area (Å²) in [6.45, 7) is 8.23. The van der Waals surface area contributed by atoms with Crippen molar-refractivity contribution in [3.05, 3.63) is 17.7 Å². The van der Waals surface area contributed by atoms with E-state index in [1.165, 1.54) is 0 Å². The second kappa shape index (κ2) is 30.8. The van der Waals surface area contributed by atoms with Crippen LogP contribution >= 0.6 is 0 Å². The first kappa shape index (κ1) is 39.8. The molecular weight excluding hydrogens is 580 g/mol. The normalized spacial score (nSPS) is 11.0. The molecule has 1 aromatic rings. The largest absolute Gasteiger partial charge is 0.487 e. The van der Waals surface area contributed by atoms with Crippen LogP contribution in [-0.2, 0) is 54.0 Å². The van der Waals surface area contributed by atoms with Crippen molar-refractivity contribution in [3.8, 4) is 29.6 Å². The Kier molecular flexibility index (Phi) is 27.9. The quantitative estimate of drug-likeness (QED) is 0.0831. The van der Waals surface area contributed by atoms with Gasteiger partial charge in [-0.05, 0) is 17.7 Å². The average Bonchev–Trinajstić information content (AvgIpc) is 3.03. The SMILES string of the molecule is C#CCOCc1cc(OCCOCCOCCOC)c(OCCOCCOCCOC)c(OCCOCCOCCOC)c1. The van der Waals surface area contributed by atoms with Crippen LogP contribution in [0, 0.1) is 12.3 Å². The van der Waals surface area contributed by atoms with Crippen LogP contribution in [0.5, 0.6) is 17.2 Å². The number of hydrogen-bond acceptors (Lipinski definition) is 13. The van der Waals surface area contributed by atoms with Crippen LogP contribution in [0.25, 0.3) is 0 Å². The number of hydrogen-bond donors (Lipinski definition) is 0. The van der Waals surface area contributed by atoms with Crippen molar-refractivity contribution in [2.45, 2.75) is 6.61 Å². The second-order valence-electron chi connectivity index (χ2n) is 8.82. The Labute approximate surface area is 262 Å². The standard InChI is InChI=1S/C31H52O13/c1-5-6-41-27-28-25-29(42-22-19-38-16-13-35-10-7-32-2)31(44-24-21-40-18-15-37-12-9-34-4)30(26-28)43-23-20-39-17-14-36-11-8-33-3/h1,25-26H,6-24,27H2,2-4H3. The second-order valence-corrected chi connectivity index (χ2v) is 8.82. The molecule has 0 saturated heterocycles. The first-order chi connectivity index (χ1) is 21.8. The number of ether oxygens (including phenoxy) is 13. The van der Waals surface area contributed by atoms with Crippen LogP contribution in [0.2, 0.25) is 0 Å². The molecule has 0 aliphatic heterocycles. The van der Waals surface area contributed by atoms with Crippen molar-refractivity contribution < 1.29 is 61.6 Å². The molecule has 13 nitrogen and oxygen atoms in total. The Morgan fingerprint density at radius 1 is 0.455 bits per heavy atom. The molecule has 1 rings (SSSR count). The fraction of sp³-hybridized carbons (Fsp3) is 0.742. The van der Waals surface area contributed by atoms with E-state index in [9.17, 15) is 0 Å². The van der Waals surface area contributed by atoms with Crippen molar-refractivity contribution >= 4 is 0 Å². The lowest BCUT2D eigenvalue weighted by Crippen LogP contribution is -2.15. The Hall–Kier alpha value is -2.22. The van der Waals surface area contributed by atoms with Crippen molar-refractivity contribution in [3.63, 3.8) is 0 Å². The van der Waals surface area contributed by atoms with Crippen molar-refractivity contribution in [1.29, 1.82) is 0 Å². The summed E-state index contributed by atoms with van der Waals surface area (Å²) in [5, 5.41) is 0. The summed E-state index contributed by atoms with van der Waals surface area (Å²) in [6.07, 6.45) is 5.35. The molecule has 0 N–H and O–H groups in total. The highest BCUT2D eigenvalue weighted by Gasteiger charge is 2.16. The average molecular weight is 633 g/mol. The van der Waals surface area contributed by atoms with Crippen molar-refractivity contribution in [2.24, 2.45) is 0 Å². The molecule has 0 heterocycles. The van der Waals surface area contributed by atoms with Gasteiger partial charge in [0.15, 0.2) is 11.5 Å². The molecule has 0 spiro atoms. The molecule has 44 heavy (non-hydrogen) atoms. The van der Waals surface area contributed by atoms with Gasteiger partial charge in [0.05, 0.1) is 106 Å². The fourth-order valence-corrected chi connectivity index (χ4v) is 3.32. The number of methoxy groups -OCH3 is 3. The monoisotopic (exact) mass is 632 g/mol. The van der Waals surface area contributed by atoms with Gasteiger partial charge in [0, 0.05) is 21.3 Å². The Bertz CT molecular complexity index is 775. The molecule has 0 aliphatic carbocycles. The van der Waals surface area contributed by atoms with E-state index in [4.69, 9.17) is 68.0 Å². The minimum Gasteiger partial charge on any atom is -0.487 e. The van der Waals surface area contributed by atoms with Crippen molar-refractivity contribution in [2.75, 3.05) is 147 Å². The molecule has 0 unspecified atom stereocenters. The van der Waals surface area contributed by atoms with Crippen LogP contribution < -0.4 is 14.2 Å². The van der Waals surface area contributed by atoms with Gasteiger partial charge in [0.1, 0.15) is 26.4 Å². The Morgan fingerprint density at radius 3 is 1.16 bits per heavy atom. The zero-order chi connectivity index (χ0) is 31.8. The molecule has 0 aromatic heterocycles. The lowest BCUT2D eigenvalue weighted by Gasteiger charge is -2.19. The van der Waals surface area contributed by atoms with E-state index in [0.717, 1.165) is 5.56 Å². The van der Waals surface area contributed by atoms with Gasteiger partial charge >= 0.3 is 0 Å². The summed E-state index contributed by atoms with van der Waals surface area (Å²) in [5.74, 6) is 3.88. The van der Waals surface area contributed by atoms with Gasteiger partial charge in [-0.2, -0.15) is 0 Å². The first-order valence-electron chi connectivity index (χ1n) is 14.8. The summed E-state index contributed by atoms with van der Waals surface area (Å²) in [5.41, 5.74) is 0.807. The van der Waals surface area contributed by atoms with Gasteiger partial charge in [-0.25, -0.2) is 0 Å². The summed E-state index contributed by atoms with van der Waals surface area (Å²) >= 11 is 0. The summed E-state index contributed by atoms with van der Waals surface area (Å²) in [4.78, 5) is 0. The van der Waals surface area contributed by atoms with Crippen LogP contribution in [0.4, 0.5) is 0 Å². The lowest BCUT2D eigenvalue weighted by molar-refractivity contribution is 0.0146. The summed E-state index contributed by atoms with van der Waals surface area (Å²) < 4.78 is 71.8. The van der Waals surface area contributed by atoms with E-state index in [1.807, 2.05) is 12.1 Å². The number of terminal acetylenes is 1. The highest BCUT2D eigenvalue weighted by Crippen LogP contribution is 2.39. The van der Waals surface area contributed by atoms with Gasteiger partial charge < -0.3 is 61.6 Å². The van der Waals surface area contributed by atoms with Gasteiger partial charge in [0.25, 0.3) is 0 Å². The molecule has 0 fully saturated rings. The topological polar surface area (TPSA) is 120 Å². The zero-order valence-corrected chi connectivity index (χ0v) is 26.7. The molecule has 0 amide bonds. The maximum Gasteiger partial charge on any atom is 0.203 e. The molecular formula is C31H52O13. The predicted molar refractivity (Wildman–Crippen MR) is 162 cm³/mol. The molecule has 0 aliphatic rings. The van der Waals surface area contributed by atoms with E-state index in [0.29, 0.717) is 116 Å². The first-order valence-corrected chi connectivity index (χ1v) is 14.8. The third kappa shape index (κ3) is 22.3. The highest BCUT2D eigenvalue weighted by molar-refractivity contribution is 5.54. The van der Waals surface area contributed by atoms with E-state index in [-0.39, 0.29) is 33.0 Å². The molecule has 0 atom stereocenters. The molecule has 0 bridgehead atoms. The van der Waals surface area contributed by atoms with E-state index < -0.39 is 0 Å². The third-order valence-corrected chi connectivity index (χ3v) is 5.39. The molecule has 254 valence electrons. The third-order valence-electron chi connectivity index (χ3n) is 5.39. The zero-order valence-electron chi connectivity index (χ0n) is 26.7. The minimum absolute atomic E-state index is 0.178. The maximum absolute atomic E-state index is 6.11. The van der Waals surface area contributed by atoms with E-state index in [2.05, 4.69) is 5.92 Å². The van der Waals surface area contributed by atoms with Crippen LogP contribution in [0.3, 0.4) is 0 Å². The predicted octanol–water partition coefficient (Wildman–Crippen LogP) is 2.01. The maximum atomic E-state index is 6.11. The smallest absolute Gasteiger partial charge is 0.203 e. The van der Waals surface area contributed by atoms with Crippen LogP contribution in [0.15, 0.2) is 12.1 Å². The number of benzene rings is 1. The Morgan fingerprint density at radius 2 is 0.795 bits per heavy atom. The van der Waals surface area contributed by atoms with Crippen LogP contribution in [0.1, 0.15) is 5.56 Å². The van der Waals surface area contributed by atoms with Gasteiger partial charge in [-0.3, -0.25) is 0 Å². The van der Waals surface area contributed by atoms with E-state index >= 15 is 0 Å². The summed E-state index contributed by atoms with van der Waals surface area (Å²) in [6, 6.07) is 3.68.